The van der Waals surface area contributed by atoms with E-state index in [-0.39, 0.29) is 48.6 Å². The van der Waals surface area contributed by atoms with Gasteiger partial charge in [0.05, 0.1) is 12.0 Å². The molecule has 13 nitrogen and oxygen atoms in total. The molecule has 50 heavy (non-hydrogen) atoms. The largest absolute Gasteiger partial charge is 0.530 e. The molecular weight excluding hydrogens is 689 g/mol. The second kappa shape index (κ2) is 16.0. The Labute approximate surface area is 292 Å². The molecule has 2 N–H and O–H groups in total. The number of hydrogen-bond donors (Lipinski definition) is 2. The van der Waals surface area contributed by atoms with Crippen LogP contribution in [0.15, 0.2) is 101 Å². The van der Waals surface area contributed by atoms with Crippen LogP contribution in [-0.2, 0) is 21.2 Å². The van der Waals surface area contributed by atoms with E-state index in [1.165, 1.54) is 47.9 Å². The molecule has 1 aliphatic heterocycles. The molecule has 0 bridgehead atoms. The number of amides is 2. The van der Waals surface area contributed by atoms with Crippen molar-refractivity contribution in [2.24, 2.45) is 5.11 Å². The molecule has 2 amide bonds. The molecule has 3 aromatic carbocycles. The van der Waals surface area contributed by atoms with E-state index in [1.54, 1.807) is 54.6 Å². The first-order chi connectivity index (χ1) is 24.0. The van der Waals surface area contributed by atoms with Gasteiger partial charge in [-0.15, -0.1) is 0 Å². The summed E-state index contributed by atoms with van der Waals surface area (Å²) in [6.45, 7) is -0.394. The SMILES string of the molecule is COc1ccc([C@H](c2ccc(Cl)cc2)[C@H](N=[N+]=N)C(=O)Nc2cccc(F)c2CCC2CN(C(=O)[O-])CCN2S(=O)(=O)c2ccccc2)cn1. The smallest absolute Gasteiger partial charge is 0.257 e. The molecule has 3 atom stereocenters. The van der Waals surface area contributed by atoms with Crippen molar-refractivity contribution in [1.29, 1.82) is 5.53 Å². The Morgan fingerprint density at radius 2 is 1.80 bits per heavy atom. The average Bonchev–Trinajstić information content (AvgIpc) is 3.12. The first kappa shape index (κ1) is 36.1. The van der Waals surface area contributed by atoms with Gasteiger partial charge in [0.1, 0.15) is 22.6 Å². The Bertz CT molecular complexity index is 1980. The van der Waals surface area contributed by atoms with Crippen LogP contribution in [0.25, 0.3) is 0 Å². The van der Waals surface area contributed by atoms with Crippen LogP contribution in [0, 0.1) is 11.3 Å². The molecule has 0 aliphatic carbocycles. The summed E-state index contributed by atoms with van der Waals surface area (Å²) in [7, 11) is -2.56. The second-order valence-corrected chi connectivity index (χ2v) is 13.7. The Morgan fingerprint density at radius 3 is 2.44 bits per heavy atom. The van der Waals surface area contributed by atoms with E-state index in [9.17, 15) is 23.1 Å². The Balaban J connectivity index is 1.44. The number of rotatable bonds is 12. The minimum atomic E-state index is -4.02. The first-order valence-corrected chi connectivity index (χ1v) is 17.3. The highest BCUT2D eigenvalue weighted by atomic mass is 35.5. The summed E-state index contributed by atoms with van der Waals surface area (Å²) in [4.78, 5) is 34.3. The van der Waals surface area contributed by atoms with Gasteiger partial charge in [-0.2, -0.15) is 4.31 Å². The van der Waals surface area contributed by atoms with Gasteiger partial charge < -0.3 is 24.9 Å². The molecule has 1 aromatic heterocycles. The summed E-state index contributed by atoms with van der Waals surface area (Å²) in [6.07, 6.45) is 0.0197. The molecule has 16 heteroatoms. The van der Waals surface area contributed by atoms with E-state index in [4.69, 9.17) is 21.9 Å². The van der Waals surface area contributed by atoms with E-state index in [0.29, 0.717) is 22.0 Å². The maximum absolute atomic E-state index is 15.5. The van der Waals surface area contributed by atoms with E-state index in [1.807, 2.05) is 0 Å². The molecule has 260 valence electrons. The maximum Gasteiger partial charge on any atom is 0.257 e. The summed E-state index contributed by atoms with van der Waals surface area (Å²) >= 11 is 6.13. The number of pyridine rings is 1. The number of carbonyl (C=O) groups excluding carboxylic acids is 2. The molecule has 0 saturated carbocycles. The third-order valence-electron chi connectivity index (χ3n) is 8.46. The van der Waals surface area contributed by atoms with Gasteiger partial charge in [0.15, 0.2) is 0 Å². The van der Waals surface area contributed by atoms with Gasteiger partial charge in [-0.1, -0.05) is 54.1 Å². The number of hydrogen-bond acceptors (Lipinski definition) is 9. The molecule has 1 aliphatic rings. The average molecular weight is 722 g/mol. The highest BCUT2D eigenvalue weighted by molar-refractivity contribution is 7.89. The van der Waals surface area contributed by atoms with E-state index < -0.39 is 45.8 Å². The Hall–Kier alpha value is -5.21. The van der Waals surface area contributed by atoms with Crippen LogP contribution in [0.1, 0.15) is 29.0 Å². The van der Waals surface area contributed by atoms with Crippen molar-refractivity contribution >= 4 is 39.3 Å². The highest BCUT2D eigenvalue weighted by Crippen LogP contribution is 2.33. The maximum atomic E-state index is 15.5. The van der Waals surface area contributed by atoms with Crippen molar-refractivity contribution in [3.8, 4) is 5.88 Å². The number of methoxy groups -OCH3 is 1. The summed E-state index contributed by atoms with van der Waals surface area (Å²) in [5, 5.41) is 18.9. The lowest BCUT2D eigenvalue weighted by Gasteiger charge is -2.41. The fourth-order valence-corrected chi connectivity index (χ4v) is 7.77. The molecular formula is C34H33ClFN7O6S. The lowest BCUT2D eigenvalue weighted by molar-refractivity contribution is -0.267. The Kier molecular flexibility index (Phi) is 11.5. The van der Waals surface area contributed by atoms with Crippen molar-refractivity contribution in [3.63, 3.8) is 0 Å². The predicted octanol–water partition coefficient (Wildman–Crippen LogP) is 4.22. The van der Waals surface area contributed by atoms with E-state index in [0.717, 1.165) is 4.90 Å². The van der Waals surface area contributed by atoms with E-state index >= 15 is 4.39 Å². The molecule has 1 fully saturated rings. The molecule has 5 rings (SSSR count). The third-order valence-corrected chi connectivity index (χ3v) is 10.7. The highest BCUT2D eigenvalue weighted by Gasteiger charge is 2.38. The first-order valence-electron chi connectivity index (χ1n) is 15.5. The topological polar surface area (TPSA) is 182 Å². The molecule has 2 heterocycles. The number of halogens is 2. The van der Waals surface area contributed by atoms with Crippen molar-refractivity contribution in [2.45, 2.75) is 35.7 Å². The molecule has 0 spiro atoms. The zero-order valence-corrected chi connectivity index (χ0v) is 28.3. The normalized spacial score (nSPS) is 16.1. The Morgan fingerprint density at radius 1 is 1.08 bits per heavy atom. The number of aromatic nitrogens is 1. The van der Waals surface area contributed by atoms with Gasteiger partial charge in [0.25, 0.3) is 5.91 Å². The molecule has 4 aromatic rings. The van der Waals surface area contributed by atoms with Crippen LogP contribution in [0.2, 0.25) is 5.02 Å². The van der Waals surface area contributed by atoms with Crippen molar-refractivity contribution in [2.75, 3.05) is 32.1 Å². The van der Waals surface area contributed by atoms with Gasteiger partial charge in [-0.05, 0) is 60.4 Å². The van der Waals surface area contributed by atoms with Crippen LogP contribution >= 0.6 is 11.6 Å². The zero-order chi connectivity index (χ0) is 35.8. The van der Waals surface area contributed by atoms with Crippen LogP contribution in [0.5, 0.6) is 5.88 Å². The fraction of sp³-hybridized carbons (Fsp3) is 0.265. The number of nitrogens with one attached hydrogen (secondary N) is 2. The lowest BCUT2D eigenvalue weighted by atomic mass is 9.85. The lowest BCUT2D eigenvalue weighted by Crippen LogP contribution is -2.58. The van der Waals surface area contributed by atoms with Crippen LogP contribution < -0.4 is 20.1 Å². The van der Waals surface area contributed by atoms with Gasteiger partial charge in [-0.25, -0.2) is 17.8 Å². The van der Waals surface area contributed by atoms with Crippen molar-refractivity contribution < 1.29 is 32.2 Å². The summed E-state index contributed by atoms with van der Waals surface area (Å²) < 4.78 is 49.1. The molecule has 1 unspecified atom stereocenters. The zero-order valence-electron chi connectivity index (χ0n) is 26.8. The minimum absolute atomic E-state index is 0.0143. The van der Waals surface area contributed by atoms with Crippen LogP contribution in [0.3, 0.4) is 0 Å². The van der Waals surface area contributed by atoms with Gasteiger partial charge in [0, 0.05) is 60.1 Å². The second-order valence-electron chi connectivity index (χ2n) is 11.4. The number of sulfonamides is 1. The fourth-order valence-electron chi connectivity index (χ4n) is 5.99. The monoisotopic (exact) mass is 721 g/mol. The standard InChI is InChI=1S/C34H33ClFN7O6S/c1-49-30-17-12-23(20-38-30)31(22-10-13-24(35)14-11-22)32(40-41-37)33(44)39-29-9-5-8-28(36)27(29)16-15-25-21-42(34(45)46)18-19-43(25)50(47,48)26-6-3-2-4-7-26/h2-14,17,20,25,31-32,37H,15-16,18-19,21H2,1H3,(H-,39,44,45,46)/t25?,31-,32-/m0/s1. The van der Waals surface area contributed by atoms with Crippen molar-refractivity contribution in [1.82, 2.24) is 19.1 Å². The summed E-state index contributed by atoms with van der Waals surface area (Å²) in [5.41, 5.74) is 8.84. The number of carbonyl (C=O) groups is 2. The van der Waals surface area contributed by atoms with Crippen molar-refractivity contribution in [3.05, 3.63) is 119 Å². The number of benzene rings is 3. The number of ether oxygens (including phenoxy) is 1. The van der Waals surface area contributed by atoms with Crippen LogP contribution in [-0.4, -0.2) is 73.4 Å². The van der Waals surface area contributed by atoms with E-state index in [2.05, 4.69) is 20.3 Å². The van der Waals surface area contributed by atoms with Gasteiger partial charge in [0.2, 0.25) is 26.9 Å². The minimum Gasteiger partial charge on any atom is -0.530 e. The van der Waals surface area contributed by atoms with Gasteiger partial charge >= 0.3 is 0 Å². The predicted molar refractivity (Wildman–Crippen MR) is 180 cm³/mol. The van der Waals surface area contributed by atoms with Crippen LogP contribution in [0.4, 0.5) is 14.9 Å². The third kappa shape index (κ3) is 8.14. The molecule has 1 saturated heterocycles. The summed E-state index contributed by atoms with van der Waals surface area (Å²) in [6, 6.07) is 19.7. The summed E-state index contributed by atoms with van der Waals surface area (Å²) in [5.74, 6) is -1.84. The quantitative estimate of drug-likeness (QED) is 0.162. The number of carboxylic acid groups (broad SMARTS) is 1. The number of piperazine rings is 1. The number of nitrogens with zero attached hydrogens (tertiary/aromatic N) is 5. The molecule has 0 radical (unpaired) electrons. The van der Waals surface area contributed by atoms with Gasteiger partial charge in [-0.3, -0.25) is 4.79 Å². The number of anilines is 1.